The van der Waals surface area contributed by atoms with Gasteiger partial charge in [0.1, 0.15) is 6.04 Å². The molecule has 0 aromatic heterocycles. The van der Waals surface area contributed by atoms with Crippen LogP contribution in [0.25, 0.3) is 0 Å². The molecule has 10 rings (SSSR count). The molecule has 0 bridgehead atoms. The van der Waals surface area contributed by atoms with E-state index in [0.29, 0.717) is 61.4 Å². The topological polar surface area (TPSA) is 62.2 Å². The molecule has 0 spiro atoms. The van der Waals surface area contributed by atoms with Crippen LogP contribution in [0, 0.1) is 35.5 Å². The second kappa shape index (κ2) is 44.7. The SMILES string of the molecule is CC(C)C1C2CN(C(C)C)CC21.CC(C)C1CCN(C(C)C)C1.CC(C)N1CC2C(C1)N2C(C)C.CC(C)N1CCN(C(C)C)C(=O)C1.CC(C)N1CCN(C(C)C)C(C(F)(F)F)C1.CC(C)N1CCN(C(C)C)C(C)C1.CC(C)N1CCN(C(C)C)C(C)C1.CC(C)N1CCN(C(C)C)C(C)C1. The van der Waals surface area contributed by atoms with Crippen molar-refractivity contribution in [2.24, 2.45) is 35.5 Å². The van der Waals surface area contributed by atoms with Crippen molar-refractivity contribution in [1.82, 2.24) is 68.6 Å². The number of carbonyl (C=O) groups is 1. The lowest BCUT2D eigenvalue weighted by Gasteiger charge is -2.45. The van der Waals surface area contributed by atoms with E-state index in [1.54, 1.807) is 4.90 Å². The summed E-state index contributed by atoms with van der Waals surface area (Å²) < 4.78 is 38.8. The van der Waals surface area contributed by atoms with E-state index >= 15 is 0 Å². The highest BCUT2D eigenvalue weighted by molar-refractivity contribution is 5.79. The van der Waals surface area contributed by atoms with Crippen molar-refractivity contribution >= 4 is 5.91 Å². The molecule has 0 aromatic carbocycles. The minimum Gasteiger partial charge on any atom is -0.338 e. The van der Waals surface area contributed by atoms with E-state index < -0.39 is 12.2 Å². The summed E-state index contributed by atoms with van der Waals surface area (Å²) in [6, 6.07) is 10.8. The van der Waals surface area contributed by atoms with Crippen LogP contribution < -0.4 is 0 Å². The first-order chi connectivity index (χ1) is 47.6. The van der Waals surface area contributed by atoms with Gasteiger partial charge in [-0.15, -0.1) is 0 Å². The Bertz CT molecular complexity index is 2100. The zero-order valence-corrected chi connectivity index (χ0v) is 74.4. The molecule has 0 aromatic rings. The predicted molar refractivity (Wildman–Crippen MR) is 439 cm³/mol. The van der Waals surface area contributed by atoms with Crippen molar-refractivity contribution in [1.29, 1.82) is 0 Å². The molecule has 0 N–H and O–H groups in total. The van der Waals surface area contributed by atoms with E-state index in [-0.39, 0.29) is 24.5 Å². The van der Waals surface area contributed by atoms with Crippen molar-refractivity contribution in [3.63, 3.8) is 0 Å². The summed E-state index contributed by atoms with van der Waals surface area (Å²) in [6.45, 7) is 101. The van der Waals surface area contributed by atoms with Gasteiger partial charge >= 0.3 is 6.18 Å². The Balaban J connectivity index is 0.000000306. The fourth-order valence-electron chi connectivity index (χ4n) is 18.0. The third kappa shape index (κ3) is 30.7. The van der Waals surface area contributed by atoms with Gasteiger partial charge in [0.05, 0.1) is 6.54 Å². The van der Waals surface area contributed by atoms with Crippen molar-refractivity contribution < 1.29 is 18.0 Å². The maximum absolute atomic E-state index is 12.9. The third-order valence-corrected chi connectivity index (χ3v) is 25.2. The van der Waals surface area contributed by atoms with E-state index in [1.165, 1.54) is 105 Å². The highest BCUT2D eigenvalue weighted by atomic mass is 19.4. The maximum atomic E-state index is 12.9. The summed E-state index contributed by atoms with van der Waals surface area (Å²) in [5.41, 5.74) is 0. The number of fused-ring (bicyclic) bond motifs is 2. The lowest BCUT2D eigenvalue weighted by molar-refractivity contribution is -0.203. The fourth-order valence-corrected chi connectivity index (χ4v) is 18.0. The Morgan fingerprint density at radius 1 is 0.301 bits per heavy atom. The van der Waals surface area contributed by atoms with Crippen LogP contribution in [0.4, 0.5) is 13.2 Å². The van der Waals surface area contributed by atoms with Crippen molar-refractivity contribution in [2.45, 2.75) is 376 Å². The second-order valence-corrected chi connectivity index (χ2v) is 37.8. The van der Waals surface area contributed by atoms with Gasteiger partial charge in [-0.1, -0.05) is 27.7 Å². The van der Waals surface area contributed by atoms with Gasteiger partial charge in [0.15, 0.2) is 0 Å². The highest BCUT2D eigenvalue weighted by Crippen LogP contribution is 2.55. The number of hydrogen-bond acceptors (Lipinski definition) is 14. The van der Waals surface area contributed by atoms with Gasteiger partial charge < -0.3 is 14.7 Å². The van der Waals surface area contributed by atoms with Gasteiger partial charge in [-0.3, -0.25) is 58.7 Å². The molecule has 10 aliphatic rings. The van der Waals surface area contributed by atoms with Crippen LogP contribution in [0.5, 0.6) is 0 Å². The largest absolute Gasteiger partial charge is 0.405 e. The van der Waals surface area contributed by atoms with E-state index in [4.69, 9.17) is 0 Å². The van der Waals surface area contributed by atoms with Crippen LogP contribution >= 0.6 is 0 Å². The number of likely N-dealkylation sites (tertiary alicyclic amines) is 3. The minimum absolute atomic E-state index is 0.0547. The molecule has 10 fully saturated rings. The molecule has 103 heavy (non-hydrogen) atoms. The fraction of sp³-hybridized carbons (Fsp3) is 0.988. The van der Waals surface area contributed by atoms with E-state index in [9.17, 15) is 18.0 Å². The summed E-state index contributed by atoms with van der Waals surface area (Å²) in [5, 5.41) is 0. The van der Waals surface area contributed by atoms with Crippen molar-refractivity contribution in [3.8, 4) is 0 Å². The number of alkyl halides is 3. The molecule has 9 heterocycles. The molecule has 9 saturated heterocycles. The molecule has 0 radical (unpaired) electrons. The number of piperazine rings is 6. The third-order valence-electron chi connectivity index (χ3n) is 25.2. The molecule has 1 saturated carbocycles. The maximum Gasteiger partial charge on any atom is 0.405 e. The average molecular weight is 1470 g/mol. The number of rotatable bonds is 16. The Hall–Kier alpha value is -1.26. The van der Waals surface area contributed by atoms with Crippen LogP contribution in [-0.4, -0.2) is 339 Å². The zero-order valence-electron chi connectivity index (χ0n) is 74.4. The first-order valence-electron chi connectivity index (χ1n) is 42.7. The number of piperidine rings is 1. The van der Waals surface area contributed by atoms with Crippen LogP contribution in [0.1, 0.15) is 249 Å². The van der Waals surface area contributed by atoms with E-state index in [0.717, 1.165) is 110 Å². The normalized spacial score (nSPS) is 29.4. The van der Waals surface area contributed by atoms with E-state index in [2.05, 4.69) is 269 Å². The van der Waals surface area contributed by atoms with Gasteiger partial charge in [-0.05, 0) is 263 Å². The summed E-state index contributed by atoms with van der Waals surface area (Å²) in [7, 11) is 0. The number of hydrogen-bond donors (Lipinski definition) is 0. The van der Waals surface area contributed by atoms with Crippen LogP contribution in [0.2, 0.25) is 0 Å². The first kappa shape index (κ1) is 95.9. The van der Waals surface area contributed by atoms with Crippen molar-refractivity contribution in [3.05, 3.63) is 0 Å². The molecular formula is C85H175F3N14O. The Morgan fingerprint density at radius 2 is 0.612 bits per heavy atom. The van der Waals surface area contributed by atoms with Crippen LogP contribution in [0.15, 0.2) is 0 Å². The number of amides is 1. The quantitative estimate of drug-likeness (QED) is 0.138. The zero-order chi connectivity index (χ0) is 78.7. The molecular weight excluding hydrogens is 1290 g/mol. The smallest absolute Gasteiger partial charge is 0.338 e. The Kier molecular flexibility index (Phi) is 41.6. The summed E-state index contributed by atoms with van der Waals surface area (Å²) in [6.07, 6.45) is -2.71. The average Bonchev–Trinajstić information content (AvgIpc) is 1.59. The van der Waals surface area contributed by atoms with Gasteiger partial charge in [0.2, 0.25) is 5.91 Å². The summed E-state index contributed by atoms with van der Waals surface area (Å²) >= 11 is 0. The monoisotopic (exact) mass is 1470 g/mol. The molecule has 9 unspecified atom stereocenters. The summed E-state index contributed by atoms with van der Waals surface area (Å²) in [4.78, 5) is 45.2. The van der Waals surface area contributed by atoms with Crippen LogP contribution in [-0.2, 0) is 4.79 Å². The van der Waals surface area contributed by atoms with Gasteiger partial charge in [0, 0.05) is 239 Å². The van der Waals surface area contributed by atoms with Gasteiger partial charge in [-0.25, -0.2) is 0 Å². The molecule has 18 heteroatoms. The second-order valence-electron chi connectivity index (χ2n) is 37.8. The molecule has 612 valence electrons. The highest BCUT2D eigenvalue weighted by Gasteiger charge is 2.57. The molecule has 1 aliphatic carbocycles. The van der Waals surface area contributed by atoms with Gasteiger partial charge in [-0.2, -0.15) is 13.2 Å². The molecule has 9 aliphatic heterocycles. The Morgan fingerprint density at radius 3 is 0.864 bits per heavy atom. The Labute approximate surface area is 638 Å². The number of carbonyl (C=O) groups excluding carboxylic acids is 1. The minimum atomic E-state index is -4.13. The lowest BCUT2D eigenvalue weighted by Crippen LogP contribution is -2.61. The van der Waals surface area contributed by atoms with Gasteiger partial charge in [0.25, 0.3) is 0 Å². The lowest BCUT2D eigenvalue weighted by atomic mass is 9.95. The van der Waals surface area contributed by atoms with Crippen molar-refractivity contribution in [2.75, 3.05) is 137 Å². The molecule has 1 amide bonds. The van der Waals surface area contributed by atoms with Crippen LogP contribution in [0.3, 0.4) is 0 Å². The predicted octanol–water partition coefficient (Wildman–Crippen LogP) is 14.5. The first-order valence-corrected chi connectivity index (χ1v) is 42.7. The summed E-state index contributed by atoms with van der Waals surface area (Å²) in [5.74, 6) is 6.22. The number of nitrogens with zero attached hydrogens (tertiary/aromatic N) is 14. The number of halogens is 3. The molecule has 9 atom stereocenters. The van der Waals surface area contributed by atoms with E-state index in [1.807, 2.05) is 37.5 Å². The molecule has 15 nitrogen and oxygen atoms in total. The standard InChI is InChI=1S/C11H21F3N2.3C11H24N2.C11H21N.C10H20N2O.C10H20N2.C10H21N/c1-8(2)15-5-6-16(9(3)4)10(7-15)11(12,13)14;3*1-9(2)12-6-7-13(10(3)4)11(5)8-12;1-7(2)11-9-5-12(8(3)4)6-10(9)11;1-8(2)11-5-6-12(9(3)4)10(13)7-11;1-7(2)11-5-9-10(6-11)12(9)8(3)4;1-8(2)10-5-6-11(7-10)9(3)4/h8-10H,5-7H2,1-4H3;3*9-11H,6-8H2,1-5H3;7-11H,5-6H2,1-4H3;8-9H,5-7H2,1-4H3;7-10H,5-6H2,1-4H3;8-10H,5-7H2,1-4H3.